The largest absolute Gasteiger partial charge is 0.488 e. The molecule has 1 heterocycles. The number of rotatable bonds is 8. The molecule has 0 unspecified atom stereocenters. The molecule has 5 rings (SSSR count). The summed E-state index contributed by atoms with van der Waals surface area (Å²) in [5.74, 6) is 0. The van der Waals surface area contributed by atoms with Crippen molar-refractivity contribution in [2.75, 3.05) is 0 Å². The van der Waals surface area contributed by atoms with E-state index in [4.69, 9.17) is 23.8 Å². The van der Waals surface area contributed by atoms with E-state index in [9.17, 15) is 0 Å². The van der Waals surface area contributed by atoms with Gasteiger partial charge in [-0.3, -0.25) is 0 Å². The second kappa shape index (κ2) is 14.5. The van der Waals surface area contributed by atoms with E-state index >= 15 is 0 Å². The molecule has 9 heteroatoms. The lowest BCUT2D eigenvalue weighted by Gasteiger charge is -2.31. The lowest BCUT2D eigenvalue weighted by molar-refractivity contribution is 0.308. The van der Waals surface area contributed by atoms with Gasteiger partial charge in [-0.2, -0.15) is 0 Å². The van der Waals surface area contributed by atoms with Crippen LogP contribution < -0.4 is 21.9 Å². The molecule has 0 bridgehead atoms. The standard InChI is InChI=1S/C24H21B3O3.C8H9BO2/c1-4-19-7-13-22(14-8-19)25-28-26(23-15-9-20(5-2)10-16-23)30-27(29-25)24-17-11-21(6-3)12-18-24;1-2-7-3-5-8(6-4-7)9(10)11/h4-18H,1-3H2;2-6,10-11H,1H2. The van der Waals surface area contributed by atoms with Gasteiger partial charge in [0.2, 0.25) is 0 Å². The molecule has 4 aromatic carbocycles. The van der Waals surface area contributed by atoms with Crippen molar-refractivity contribution >= 4 is 74.6 Å². The number of hydrogen-bond acceptors (Lipinski definition) is 5. The van der Waals surface area contributed by atoms with Crippen LogP contribution in [0.3, 0.4) is 0 Å². The Morgan fingerprint density at radius 2 is 0.683 bits per heavy atom. The van der Waals surface area contributed by atoms with Gasteiger partial charge in [-0.05, 0) is 44.1 Å². The monoisotopic (exact) mass is 538 g/mol. The van der Waals surface area contributed by atoms with Gasteiger partial charge < -0.3 is 23.8 Å². The van der Waals surface area contributed by atoms with Gasteiger partial charge in [0.05, 0.1) is 0 Å². The molecule has 0 amide bonds. The third-order valence-electron chi connectivity index (χ3n) is 6.54. The van der Waals surface area contributed by atoms with E-state index in [0.29, 0.717) is 5.46 Å². The minimum atomic E-state index is -1.38. The summed E-state index contributed by atoms with van der Waals surface area (Å²) in [6, 6.07) is 30.8. The molecule has 0 atom stereocenters. The summed E-state index contributed by atoms with van der Waals surface area (Å²) < 4.78 is 18.6. The van der Waals surface area contributed by atoms with Gasteiger partial charge in [0, 0.05) is 0 Å². The van der Waals surface area contributed by atoms with E-state index in [1.807, 2.05) is 91.0 Å². The van der Waals surface area contributed by atoms with Crippen molar-refractivity contribution in [1.82, 2.24) is 0 Å². The van der Waals surface area contributed by atoms with Crippen molar-refractivity contribution in [3.05, 3.63) is 146 Å². The summed E-state index contributed by atoms with van der Waals surface area (Å²) in [5, 5.41) is 17.4. The summed E-state index contributed by atoms with van der Waals surface area (Å²) in [6.45, 7) is 15.0. The minimum Gasteiger partial charge on any atom is -0.445 e. The van der Waals surface area contributed by atoms with Crippen molar-refractivity contribution in [2.45, 2.75) is 0 Å². The smallest absolute Gasteiger partial charge is 0.445 e. The Balaban J connectivity index is 0.000000296. The molecule has 200 valence electrons. The predicted molar refractivity (Wildman–Crippen MR) is 175 cm³/mol. The zero-order valence-corrected chi connectivity index (χ0v) is 22.8. The van der Waals surface area contributed by atoms with Crippen LogP contribution in [0.15, 0.2) is 123 Å². The molecule has 2 N–H and O–H groups in total. The van der Waals surface area contributed by atoms with E-state index in [2.05, 4.69) is 26.3 Å². The van der Waals surface area contributed by atoms with Crippen LogP contribution in [0.2, 0.25) is 0 Å². The fraction of sp³-hybridized carbons (Fsp3) is 0. The van der Waals surface area contributed by atoms with Crippen LogP contribution in [-0.2, 0) is 13.7 Å². The molecule has 0 saturated carbocycles. The Bertz CT molecular complexity index is 1310. The molecular formula is C32H30B4O5. The van der Waals surface area contributed by atoms with Crippen LogP contribution >= 0.6 is 0 Å². The van der Waals surface area contributed by atoms with E-state index in [-0.39, 0.29) is 0 Å². The molecule has 0 aliphatic carbocycles. The molecular weight excluding hydrogens is 508 g/mol. The third kappa shape index (κ3) is 7.98. The minimum absolute atomic E-state index is 0.496. The molecule has 0 spiro atoms. The first-order valence-corrected chi connectivity index (χ1v) is 13.2. The average molecular weight is 538 g/mol. The van der Waals surface area contributed by atoms with Crippen LogP contribution in [0.1, 0.15) is 22.3 Å². The molecule has 41 heavy (non-hydrogen) atoms. The van der Waals surface area contributed by atoms with Crippen molar-refractivity contribution in [2.24, 2.45) is 0 Å². The first-order valence-electron chi connectivity index (χ1n) is 13.2. The summed E-state index contributed by atoms with van der Waals surface area (Å²) in [7, 11) is -3.07. The van der Waals surface area contributed by atoms with E-state index in [1.165, 1.54) is 0 Å². The van der Waals surface area contributed by atoms with Crippen molar-refractivity contribution in [1.29, 1.82) is 0 Å². The fourth-order valence-corrected chi connectivity index (χ4v) is 4.08. The number of benzene rings is 4. The SMILES string of the molecule is C=Cc1ccc(B(O)O)cc1.C=Cc1ccc(B2OB(c3ccc(C=C)cc3)OB(c3ccc(C=C)cc3)O2)cc1. The maximum absolute atomic E-state index is 8.72. The van der Waals surface area contributed by atoms with Crippen LogP contribution in [0.25, 0.3) is 24.3 Å². The fourth-order valence-electron chi connectivity index (χ4n) is 4.08. The van der Waals surface area contributed by atoms with Gasteiger partial charge in [-0.1, -0.05) is 148 Å². The summed E-state index contributed by atoms with van der Waals surface area (Å²) >= 11 is 0. The normalized spacial score (nSPS) is 12.6. The molecule has 4 aromatic rings. The molecule has 1 aliphatic rings. The van der Waals surface area contributed by atoms with Crippen molar-refractivity contribution in [3.63, 3.8) is 0 Å². The Morgan fingerprint density at radius 3 is 0.902 bits per heavy atom. The summed E-state index contributed by atoms with van der Waals surface area (Å²) in [6.07, 6.45) is 7.13. The third-order valence-corrected chi connectivity index (χ3v) is 6.54. The Morgan fingerprint density at radius 1 is 0.439 bits per heavy atom. The molecule has 1 aliphatic heterocycles. The Labute approximate surface area is 243 Å². The van der Waals surface area contributed by atoms with E-state index in [1.54, 1.807) is 30.3 Å². The van der Waals surface area contributed by atoms with Gasteiger partial charge in [0.15, 0.2) is 0 Å². The first-order chi connectivity index (χ1) is 19.9. The van der Waals surface area contributed by atoms with Crippen LogP contribution in [-0.4, -0.2) is 38.5 Å². The highest BCUT2D eigenvalue weighted by Crippen LogP contribution is 2.12. The maximum Gasteiger partial charge on any atom is 0.488 e. The Hall–Kier alpha value is -4.10. The molecule has 0 aromatic heterocycles. The highest BCUT2D eigenvalue weighted by atomic mass is 16.7. The quantitative estimate of drug-likeness (QED) is 0.338. The van der Waals surface area contributed by atoms with E-state index < -0.39 is 28.5 Å². The van der Waals surface area contributed by atoms with Gasteiger partial charge in [0.1, 0.15) is 0 Å². The van der Waals surface area contributed by atoms with Crippen LogP contribution in [0.5, 0.6) is 0 Å². The van der Waals surface area contributed by atoms with Gasteiger partial charge in [-0.15, -0.1) is 0 Å². The first kappa shape index (κ1) is 29.9. The second-order valence-corrected chi connectivity index (χ2v) is 9.26. The van der Waals surface area contributed by atoms with Crippen molar-refractivity contribution in [3.8, 4) is 0 Å². The van der Waals surface area contributed by atoms with Gasteiger partial charge in [0.25, 0.3) is 0 Å². The van der Waals surface area contributed by atoms with Gasteiger partial charge >= 0.3 is 28.5 Å². The van der Waals surface area contributed by atoms with Gasteiger partial charge in [-0.25, -0.2) is 0 Å². The average Bonchev–Trinajstić information content (AvgIpc) is 3.05. The highest BCUT2D eigenvalue weighted by Gasteiger charge is 2.43. The zero-order chi connectivity index (χ0) is 29.2. The predicted octanol–water partition coefficient (Wildman–Crippen LogP) is 3.17. The molecule has 0 radical (unpaired) electrons. The lowest BCUT2D eigenvalue weighted by atomic mass is 9.61. The number of hydrogen-bond donors (Lipinski definition) is 2. The highest BCUT2D eigenvalue weighted by molar-refractivity contribution is 6.87. The lowest BCUT2D eigenvalue weighted by Crippen LogP contribution is -2.61. The maximum atomic E-state index is 8.72. The molecule has 1 fully saturated rings. The zero-order valence-electron chi connectivity index (χ0n) is 22.8. The topological polar surface area (TPSA) is 68.2 Å². The van der Waals surface area contributed by atoms with Crippen LogP contribution in [0.4, 0.5) is 0 Å². The van der Waals surface area contributed by atoms with Crippen molar-refractivity contribution < 1.29 is 23.8 Å². The molecule has 5 nitrogen and oxygen atoms in total. The van der Waals surface area contributed by atoms with Crippen LogP contribution in [0, 0.1) is 0 Å². The van der Waals surface area contributed by atoms with E-state index in [0.717, 1.165) is 38.6 Å². The molecule has 1 saturated heterocycles. The second-order valence-electron chi connectivity index (χ2n) is 9.26. The summed E-state index contributed by atoms with van der Waals surface area (Å²) in [5.41, 5.74) is 7.35. The Kier molecular flexibility index (Phi) is 10.6. The summed E-state index contributed by atoms with van der Waals surface area (Å²) in [4.78, 5) is 0.